The quantitative estimate of drug-likeness (QED) is 0.597. The smallest absolute Gasteiger partial charge is 0.325 e. The molecule has 1 fully saturated rings. The maximum atomic E-state index is 11.1. The number of nitrogens with zero attached hydrogens (tertiary/aromatic N) is 3. The molecule has 1 atom stereocenters. The number of carboxylic acid groups (broad SMARTS) is 1. The molecule has 6 nitrogen and oxygen atoms in total. The summed E-state index contributed by atoms with van der Waals surface area (Å²) >= 11 is 1.64. The van der Waals surface area contributed by atoms with Gasteiger partial charge in [0.25, 0.3) is 0 Å². The maximum absolute atomic E-state index is 11.1. The Morgan fingerprint density at radius 3 is 2.80 bits per heavy atom. The number of likely N-dealkylation sites (tertiary alicyclic amines) is 1. The monoisotopic (exact) mass is 296 g/mol. The molecule has 2 rings (SSSR count). The number of nitrogens with two attached hydrogens (primary N) is 1. The number of thioether (sulfide) groups is 1. The fourth-order valence-electron chi connectivity index (χ4n) is 2.17. The molecule has 1 saturated heterocycles. The largest absolute Gasteiger partial charge is 0.480 e. The first-order valence-electron chi connectivity index (χ1n) is 6.72. The molecule has 0 bridgehead atoms. The molecule has 1 aromatic heterocycles. The lowest BCUT2D eigenvalue weighted by atomic mass is 10.0. The molecule has 0 aliphatic carbocycles. The van der Waals surface area contributed by atoms with Crippen LogP contribution in [0.3, 0.4) is 0 Å². The number of carboxylic acids is 1. The second-order valence-electron chi connectivity index (χ2n) is 5.14. The van der Waals surface area contributed by atoms with Crippen molar-refractivity contribution in [1.29, 1.82) is 0 Å². The molecule has 1 aliphatic rings. The summed E-state index contributed by atoms with van der Waals surface area (Å²) in [6.45, 7) is 3.82. The Hall–Kier alpha value is -1.18. The van der Waals surface area contributed by atoms with Gasteiger partial charge in [0.15, 0.2) is 5.16 Å². The molecule has 2 heterocycles. The van der Waals surface area contributed by atoms with E-state index >= 15 is 0 Å². The number of hydrogen-bond acceptors (Lipinski definition) is 6. The fourth-order valence-corrected chi connectivity index (χ4v) is 2.82. The normalized spacial score (nSPS) is 23.1. The van der Waals surface area contributed by atoms with Crippen molar-refractivity contribution in [2.24, 2.45) is 5.73 Å². The molecule has 0 radical (unpaired) electrons. The molecule has 1 unspecified atom stereocenters. The topological polar surface area (TPSA) is 92.3 Å². The highest BCUT2D eigenvalue weighted by molar-refractivity contribution is 7.99. The van der Waals surface area contributed by atoms with E-state index in [-0.39, 0.29) is 0 Å². The standard InChI is InChI=1S/C13H20N4O2S/c1-2-5-20-12-15-6-10(7-16-12)8-17-4-3-13(14,9-17)11(18)19/h6-7H,2-5,8-9,14H2,1H3,(H,18,19). The van der Waals surface area contributed by atoms with Gasteiger partial charge in [-0.1, -0.05) is 18.7 Å². The third-order valence-electron chi connectivity index (χ3n) is 3.33. The zero-order valence-corrected chi connectivity index (χ0v) is 12.4. The van der Waals surface area contributed by atoms with E-state index in [1.807, 2.05) is 17.3 Å². The van der Waals surface area contributed by atoms with Crippen molar-refractivity contribution >= 4 is 17.7 Å². The van der Waals surface area contributed by atoms with Crippen molar-refractivity contribution in [3.63, 3.8) is 0 Å². The van der Waals surface area contributed by atoms with Crippen molar-refractivity contribution in [3.8, 4) is 0 Å². The lowest BCUT2D eigenvalue weighted by Crippen LogP contribution is -2.50. The Balaban J connectivity index is 1.90. The average molecular weight is 296 g/mol. The SMILES string of the molecule is CCCSc1ncc(CN2CCC(N)(C(=O)O)C2)cn1. The van der Waals surface area contributed by atoms with E-state index in [9.17, 15) is 4.79 Å². The van der Waals surface area contributed by atoms with E-state index in [1.165, 1.54) is 0 Å². The van der Waals surface area contributed by atoms with Crippen molar-refractivity contribution in [2.75, 3.05) is 18.8 Å². The minimum Gasteiger partial charge on any atom is -0.480 e. The Morgan fingerprint density at radius 2 is 2.25 bits per heavy atom. The van der Waals surface area contributed by atoms with Gasteiger partial charge >= 0.3 is 5.97 Å². The highest BCUT2D eigenvalue weighted by Gasteiger charge is 2.41. The third-order valence-corrected chi connectivity index (χ3v) is 4.41. The first-order chi connectivity index (χ1) is 9.53. The molecule has 7 heteroatoms. The van der Waals surface area contributed by atoms with Crippen LogP contribution in [0.5, 0.6) is 0 Å². The van der Waals surface area contributed by atoms with E-state index in [0.717, 1.165) is 22.9 Å². The van der Waals surface area contributed by atoms with E-state index in [4.69, 9.17) is 10.8 Å². The summed E-state index contributed by atoms with van der Waals surface area (Å²) < 4.78 is 0. The van der Waals surface area contributed by atoms with E-state index < -0.39 is 11.5 Å². The van der Waals surface area contributed by atoms with Crippen molar-refractivity contribution in [3.05, 3.63) is 18.0 Å². The van der Waals surface area contributed by atoms with Gasteiger partial charge in [0.2, 0.25) is 0 Å². The van der Waals surface area contributed by atoms with Gasteiger partial charge in [0.1, 0.15) is 5.54 Å². The summed E-state index contributed by atoms with van der Waals surface area (Å²) in [5.41, 5.74) is 5.72. The van der Waals surface area contributed by atoms with Gasteiger partial charge in [0, 0.05) is 43.3 Å². The lowest BCUT2D eigenvalue weighted by Gasteiger charge is -2.19. The molecule has 0 amide bonds. The summed E-state index contributed by atoms with van der Waals surface area (Å²) in [7, 11) is 0. The maximum Gasteiger partial charge on any atom is 0.325 e. The van der Waals surface area contributed by atoms with E-state index in [0.29, 0.717) is 26.1 Å². The number of aromatic nitrogens is 2. The molecule has 0 spiro atoms. The van der Waals surface area contributed by atoms with Gasteiger partial charge in [-0.25, -0.2) is 9.97 Å². The van der Waals surface area contributed by atoms with Crippen molar-refractivity contribution < 1.29 is 9.90 Å². The fraction of sp³-hybridized carbons (Fsp3) is 0.615. The van der Waals surface area contributed by atoms with Crippen LogP contribution in [0.2, 0.25) is 0 Å². The lowest BCUT2D eigenvalue weighted by molar-refractivity contribution is -0.142. The number of aliphatic carboxylic acids is 1. The second-order valence-corrected chi connectivity index (χ2v) is 6.21. The van der Waals surface area contributed by atoms with Crippen LogP contribution in [-0.4, -0.2) is 50.3 Å². The van der Waals surface area contributed by atoms with E-state index in [2.05, 4.69) is 16.9 Å². The third kappa shape index (κ3) is 3.68. The van der Waals surface area contributed by atoms with Crippen molar-refractivity contribution in [1.82, 2.24) is 14.9 Å². The number of carbonyl (C=O) groups is 1. The van der Waals surface area contributed by atoms with Crippen LogP contribution in [-0.2, 0) is 11.3 Å². The van der Waals surface area contributed by atoms with Crippen LogP contribution in [0, 0.1) is 0 Å². The second kappa shape index (κ2) is 6.51. The number of rotatable bonds is 6. The van der Waals surface area contributed by atoms with Crippen LogP contribution < -0.4 is 5.73 Å². The molecule has 1 aromatic rings. The molecular formula is C13H20N4O2S. The van der Waals surface area contributed by atoms with Gasteiger partial charge in [-0.2, -0.15) is 0 Å². The molecule has 3 N–H and O–H groups in total. The highest BCUT2D eigenvalue weighted by atomic mass is 32.2. The molecule has 20 heavy (non-hydrogen) atoms. The van der Waals surface area contributed by atoms with Gasteiger partial charge in [0.05, 0.1) is 0 Å². The van der Waals surface area contributed by atoms with Crippen LogP contribution in [0.4, 0.5) is 0 Å². The Morgan fingerprint density at radius 1 is 1.55 bits per heavy atom. The van der Waals surface area contributed by atoms with Crippen LogP contribution in [0.15, 0.2) is 17.6 Å². The van der Waals surface area contributed by atoms with Crippen LogP contribution in [0.25, 0.3) is 0 Å². The minimum absolute atomic E-state index is 0.370. The summed E-state index contributed by atoms with van der Waals surface area (Å²) in [6.07, 6.45) is 5.19. The summed E-state index contributed by atoms with van der Waals surface area (Å²) in [5.74, 6) is 0.0855. The molecular weight excluding hydrogens is 276 g/mol. The highest BCUT2D eigenvalue weighted by Crippen LogP contribution is 2.21. The predicted molar refractivity (Wildman–Crippen MR) is 77.5 cm³/mol. The summed E-state index contributed by atoms with van der Waals surface area (Å²) in [4.78, 5) is 21.7. The van der Waals surface area contributed by atoms with Gasteiger partial charge in [-0.05, 0) is 12.8 Å². The van der Waals surface area contributed by atoms with Crippen LogP contribution in [0.1, 0.15) is 25.3 Å². The Kier molecular flexibility index (Phi) is 4.95. The predicted octanol–water partition coefficient (Wildman–Crippen LogP) is 0.966. The van der Waals surface area contributed by atoms with Gasteiger partial charge in [-0.3, -0.25) is 9.69 Å². The zero-order valence-electron chi connectivity index (χ0n) is 11.6. The molecule has 110 valence electrons. The molecule has 1 aliphatic heterocycles. The summed E-state index contributed by atoms with van der Waals surface area (Å²) in [6, 6.07) is 0. The van der Waals surface area contributed by atoms with Gasteiger partial charge in [-0.15, -0.1) is 0 Å². The first-order valence-corrected chi connectivity index (χ1v) is 7.70. The minimum atomic E-state index is -1.11. The zero-order chi connectivity index (χ0) is 14.6. The average Bonchev–Trinajstić information content (AvgIpc) is 2.81. The van der Waals surface area contributed by atoms with E-state index in [1.54, 1.807) is 11.8 Å². The Bertz CT molecular complexity index is 468. The van der Waals surface area contributed by atoms with Crippen molar-refractivity contribution in [2.45, 2.75) is 37.0 Å². The van der Waals surface area contributed by atoms with Gasteiger partial charge < -0.3 is 10.8 Å². The molecule has 0 saturated carbocycles. The molecule has 0 aromatic carbocycles. The van der Waals surface area contributed by atoms with Crippen LogP contribution >= 0.6 is 11.8 Å². The Labute approximate surface area is 122 Å². The number of hydrogen-bond donors (Lipinski definition) is 2. The summed E-state index contributed by atoms with van der Waals surface area (Å²) in [5, 5.41) is 9.88. The first kappa shape index (κ1) is 15.2.